The highest BCUT2D eigenvalue weighted by atomic mass is 16.5. The highest BCUT2D eigenvalue weighted by Crippen LogP contribution is 2.30. The molecule has 0 fully saturated rings. The van der Waals surface area contributed by atoms with Gasteiger partial charge in [-0.3, -0.25) is 4.79 Å². The largest absolute Gasteiger partial charge is 0.493 e. The number of hydrogen-bond donors (Lipinski definition) is 1. The molecule has 0 aromatic heterocycles. The van der Waals surface area contributed by atoms with Crippen LogP contribution < -0.4 is 14.8 Å². The second kappa shape index (κ2) is 9.97. The number of rotatable bonds is 9. The number of nitrogens with zero attached hydrogens (tertiary/aromatic N) is 1. The lowest BCUT2D eigenvalue weighted by atomic mass is 10.1. The second-order valence-electron chi connectivity index (χ2n) is 6.49. The third-order valence-electron chi connectivity index (χ3n) is 4.75. The van der Waals surface area contributed by atoms with Crippen LogP contribution in [-0.4, -0.2) is 44.2 Å². The molecule has 1 amide bonds. The highest BCUT2D eigenvalue weighted by molar-refractivity contribution is 6.04. The van der Waals surface area contributed by atoms with E-state index >= 15 is 0 Å². The van der Waals surface area contributed by atoms with Crippen molar-refractivity contribution >= 4 is 11.6 Å². The maximum atomic E-state index is 12.5. The zero-order chi connectivity index (χ0) is 19.8. The summed E-state index contributed by atoms with van der Waals surface area (Å²) in [6.45, 7) is 11.7. The first-order chi connectivity index (χ1) is 13.0. The minimum atomic E-state index is -0.141. The molecule has 2 aromatic carbocycles. The first kappa shape index (κ1) is 20.8. The predicted octanol–water partition coefficient (Wildman–Crippen LogP) is 4.28. The number of aryl methyl sites for hydroxylation is 2. The quantitative estimate of drug-likeness (QED) is 0.716. The van der Waals surface area contributed by atoms with Gasteiger partial charge in [0.2, 0.25) is 0 Å². The van der Waals surface area contributed by atoms with Crippen molar-refractivity contribution in [2.24, 2.45) is 0 Å². The number of hydrogen-bond acceptors (Lipinski definition) is 4. The summed E-state index contributed by atoms with van der Waals surface area (Å²) in [5.74, 6) is 1.14. The van der Waals surface area contributed by atoms with Crippen LogP contribution in [0.2, 0.25) is 0 Å². The molecule has 0 saturated heterocycles. The van der Waals surface area contributed by atoms with E-state index in [-0.39, 0.29) is 5.91 Å². The molecule has 0 aliphatic rings. The lowest BCUT2D eigenvalue weighted by molar-refractivity contribution is 0.102. The SMILES string of the molecule is CCN(CC)CCOc1cc(NC(=O)c2ccc(C)c(C)c2)ccc1OC. The maximum absolute atomic E-state index is 12.5. The Morgan fingerprint density at radius 1 is 1.00 bits per heavy atom. The van der Waals surface area contributed by atoms with Crippen molar-refractivity contribution in [2.45, 2.75) is 27.7 Å². The standard InChI is InChI=1S/C22H30N2O3/c1-6-24(7-2)12-13-27-21-15-19(10-11-20(21)26-5)23-22(25)18-9-8-16(3)17(4)14-18/h8-11,14-15H,6-7,12-13H2,1-5H3,(H,23,25). The van der Waals surface area contributed by atoms with Gasteiger partial charge in [-0.25, -0.2) is 0 Å². The number of nitrogens with one attached hydrogen (secondary N) is 1. The Labute approximate surface area is 162 Å². The van der Waals surface area contributed by atoms with E-state index in [4.69, 9.17) is 9.47 Å². The van der Waals surface area contributed by atoms with Crippen LogP contribution in [0.1, 0.15) is 35.3 Å². The molecule has 2 rings (SSSR count). The average Bonchev–Trinajstić information content (AvgIpc) is 2.67. The van der Waals surface area contributed by atoms with E-state index in [0.29, 0.717) is 29.4 Å². The molecular weight excluding hydrogens is 340 g/mol. The van der Waals surface area contributed by atoms with E-state index in [9.17, 15) is 4.79 Å². The van der Waals surface area contributed by atoms with Gasteiger partial charge in [0.15, 0.2) is 11.5 Å². The molecule has 0 heterocycles. The third kappa shape index (κ3) is 5.73. The Bertz CT molecular complexity index is 770. The molecule has 146 valence electrons. The molecule has 0 aliphatic heterocycles. The van der Waals surface area contributed by atoms with E-state index < -0.39 is 0 Å². The fraction of sp³-hybridized carbons (Fsp3) is 0.409. The van der Waals surface area contributed by atoms with Crippen LogP contribution in [0.5, 0.6) is 11.5 Å². The van der Waals surface area contributed by atoms with Gasteiger partial charge in [-0.2, -0.15) is 0 Å². The first-order valence-corrected chi connectivity index (χ1v) is 9.40. The fourth-order valence-electron chi connectivity index (χ4n) is 2.78. The topological polar surface area (TPSA) is 50.8 Å². The summed E-state index contributed by atoms with van der Waals surface area (Å²) < 4.78 is 11.3. The minimum absolute atomic E-state index is 0.141. The van der Waals surface area contributed by atoms with Crippen LogP contribution in [-0.2, 0) is 0 Å². The molecule has 0 atom stereocenters. The number of amides is 1. The molecule has 0 radical (unpaired) electrons. The molecule has 0 aliphatic carbocycles. The van der Waals surface area contributed by atoms with Gasteiger partial charge in [0.1, 0.15) is 6.61 Å². The van der Waals surface area contributed by atoms with Crippen LogP contribution in [0.15, 0.2) is 36.4 Å². The van der Waals surface area contributed by atoms with Gasteiger partial charge in [0.25, 0.3) is 5.91 Å². The van der Waals surface area contributed by atoms with Gasteiger partial charge in [0.05, 0.1) is 7.11 Å². The number of methoxy groups -OCH3 is 1. The summed E-state index contributed by atoms with van der Waals surface area (Å²) >= 11 is 0. The zero-order valence-corrected chi connectivity index (χ0v) is 17.0. The smallest absolute Gasteiger partial charge is 0.255 e. The number of ether oxygens (including phenoxy) is 2. The predicted molar refractivity (Wildman–Crippen MR) is 110 cm³/mol. The van der Waals surface area contributed by atoms with E-state index in [1.54, 1.807) is 13.2 Å². The van der Waals surface area contributed by atoms with Crippen LogP contribution >= 0.6 is 0 Å². The summed E-state index contributed by atoms with van der Waals surface area (Å²) in [6.07, 6.45) is 0. The molecular formula is C22H30N2O3. The number of carbonyl (C=O) groups is 1. The number of benzene rings is 2. The van der Waals surface area contributed by atoms with Crippen molar-refractivity contribution in [2.75, 3.05) is 38.7 Å². The van der Waals surface area contributed by atoms with Crippen molar-refractivity contribution in [3.05, 3.63) is 53.1 Å². The molecule has 2 aromatic rings. The van der Waals surface area contributed by atoms with Crippen LogP contribution in [0.4, 0.5) is 5.69 Å². The summed E-state index contributed by atoms with van der Waals surface area (Å²) in [6, 6.07) is 11.1. The zero-order valence-electron chi connectivity index (χ0n) is 17.0. The Kier molecular flexibility index (Phi) is 7.67. The van der Waals surface area contributed by atoms with Crippen LogP contribution in [0.3, 0.4) is 0 Å². The Hall–Kier alpha value is -2.53. The number of anilines is 1. The number of carbonyl (C=O) groups excluding carboxylic acids is 1. The van der Waals surface area contributed by atoms with Crippen molar-refractivity contribution in [1.29, 1.82) is 0 Å². The fourth-order valence-corrected chi connectivity index (χ4v) is 2.78. The minimum Gasteiger partial charge on any atom is -0.493 e. The third-order valence-corrected chi connectivity index (χ3v) is 4.75. The lowest BCUT2D eigenvalue weighted by Gasteiger charge is -2.19. The Morgan fingerprint density at radius 3 is 2.37 bits per heavy atom. The summed E-state index contributed by atoms with van der Waals surface area (Å²) in [5, 5.41) is 2.93. The Morgan fingerprint density at radius 2 is 1.74 bits per heavy atom. The monoisotopic (exact) mass is 370 g/mol. The van der Waals surface area contributed by atoms with Crippen LogP contribution in [0, 0.1) is 13.8 Å². The molecule has 5 heteroatoms. The molecule has 0 bridgehead atoms. The van der Waals surface area contributed by atoms with Gasteiger partial charge in [-0.05, 0) is 62.3 Å². The summed E-state index contributed by atoms with van der Waals surface area (Å²) in [5.41, 5.74) is 3.58. The summed E-state index contributed by atoms with van der Waals surface area (Å²) in [7, 11) is 1.61. The molecule has 0 unspecified atom stereocenters. The maximum Gasteiger partial charge on any atom is 0.255 e. The van der Waals surface area contributed by atoms with E-state index in [0.717, 1.165) is 25.2 Å². The highest BCUT2D eigenvalue weighted by Gasteiger charge is 2.11. The van der Waals surface area contributed by atoms with Crippen molar-refractivity contribution in [1.82, 2.24) is 4.90 Å². The molecule has 0 spiro atoms. The van der Waals surface area contributed by atoms with Gasteiger partial charge >= 0.3 is 0 Å². The molecule has 5 nitrogen and oxygen atoms in total. The van der Waals surface area contributed by atoms with Crippen LogP contribution in [0.25, 0.3) is 0 Å². The second-order valence-corrected chi connectivity index (χ2v) is 6.49. The lowest BCUT2D eigenvalue weighted by Crippen LogP contribution is -2.28. The number of likely N-dealkylation sites (N-methyl/N-ethyl adjacent to an activating group) is 1. The summed E-state index contributed by atoms with van der Waals surface area (Å²) in [4.78, 5) is 14.8. The van der Waals surface area contributed by atoms with Gasteiger partial charge in [-0.15, -0.1) is 0 Å². The Balaban J connectivity index is 2.08. The van der Waals surface area contributed by atoms with Crippen molar-refractivity contribution in [3.63, 3.8) is 0 Å². The first-order valence-electron chi connectivity index (χ1n) is 9.40. The normalized spacial score (nSPS) is 10.7. The molecule has 27 heavy (non-hydrogen) atoms. The molecule has 1 N–H and O–H groups in total. The van der Waals surface area contributed by atoms with Crippen molar-refractivity contribution in [3.8, 4) is 11.5 Å². The molecule has 0 saturated carbocycles. The van der Waals surface area contributed by atoms with E-state index in [1.807, 2.05) is 44.2 Å². The average molecular weight is 370 g/mol. The van der Waals surface area contributed by atoms with Crippen molar-refractivity contribution < 1.29 is 14.3 Å². The van der Waals surface area contributed by atoms with Gasteiger partial charge in [0, 0.05) is 23.9 Å². The van der Waals surface area contributed by atoms with Gasteiger partial charge in [-0.1, -0.05) is 19.9 Å². The van der Waals surface area contributed by atoms with E-state index in [2.05, 4.69) is 24.1 Å². The van der Waals surface area contributed by atoms with E-state index in [1.165, 1.54) is 5.56 Å². The van der Waals surface area contributed by atoms with Gasteiger partial charge < -0.3 is 19.7 Å².